The molecule has 2 unspecified atom stereocenters. The summed E-state index contributed by atoms with van der Waals surface area (Å²) >= 11 is 0. The number of allylic oxidation sites excluding steroid dienone is 2. The quantitative estimate of drug-likeness (QED) is 0.490. The Morgan fingerprint density at radius 1 is 1.10 bits per heavy atom. The highest BCUT2D eigenvalue weighted by molar-refractivity contribution is 6.63. The Balaban J connectivity index is 3.14. The summed E-state index contributed by atoms with van der Waals surface area (Å²) in [6.45, 7) is 14.9. The highest BCUT2D eigenvalue weighted by Crippen LogP contribution is 2.44. The standard InChI is InChI=1S/C16H32O3Si/c1-7-17-20(18-8-2,19-9-3)16-12-14(6)10-11-15(16)13(4)5/h12-13,15-16H,7-11H2,1-6H3. The monoisotopic (exact) mass is 300 g/mol. The van der Waals surface area contributed by atoms with Gasteiger partial charge in [0.15, 0.2) is 0 Å². The van der Waals surface area contributed by atoms with E-state index in [0.717, 1.165) is 0 Å². The first-order valence-electron chi connectivity index (χ1n) is 8.09. The average Bonchev–Trinajstić information content (AvgIpc) is 2.39. The van der Waals surface area contributed by atoms with E-state index in [4.69, 9.17) is 13.3 Å². The molecule has 0 amide bonds. The molecule has 0 saturated heterocycles. The van der Waals surface area contributed by atoms with Gasteiger partial charge in [-0.2, -0.15) is 0 Å². The molecule has 118 valence electrons. The predicted octanol–water partition coefficient (Wildman–Crippen LogP) is 4.42. The normalized spacial score (nSPS) is 24.1. The summed E-state index contributed by atoms with van der Waals surface area (Å²) in [5.41, 5.74) is 1.75. The molecule has 1 aliphatic rings. The fourth-order valence-corrected chi connectivity index (χ4v) is 6.82. The van der Waals surface area contributed by atoms with Crippen molar-refractivity contribution in [1.29, 1.82) is 0 Å². The summed E-state index contributed by atoms with van der Waals surface area (Å²) in [6, 6.07) is 0. The molecular weight excluding hydrogens is 268 g/mol. The number of rotatable bonds is 8. The molecule has 0 spiro atoms. The second-order valence-electron chi connectivity index (χ2n) is 5.89. The molecule has 20 heavy (non-hydrogen) atoms. The molecular formula is C16H32O3Si. The Morgan fingerprint density at radius 2 is 1.60 bits per heavy atom. The van der Waals surface area contributed by atoms with Crippen molar-refractivity contribution in [3.8, 4) is 0 Å². The summed E-state index contributed by atoms with van der Waals surface area (Å²) in [6.07, 6.45) is 4.78. The maximum absolute atomic E-state index is 6.13. The third kappa shape index (κ3) is 4.17. The molecule has 0 N–H and O–H groups in total. The minimum atomic E-state index is -2.64. The lowest BCUT2D eigenvalue weighted by atomic mass is 9.82. The van der Waals surface area contributed by atoms with E-state index < -0.39 is 8.80 Å². The molecule has 1 aliphatic carbocycles. The Morgan fingerprint density at radius 3 is 2.00 bits per heavy atom. The average molecular weight is 301 g/mol. The van der Waals surface area contributed by atoms with Crippen molar-refractivity contribution >= 4 is 8.80 Å². The maximum Gasteiger partial charge on any atom is 0.508 e. The molecule has 3 nitrogen and oxygen atoms in total. The zero-order chi connectivity index (χ0) is 15.2. The zero-order valence-corrected chi connectivity index (χ0v) is 15.1. The van der Waals surface area contributed by atoms with E-state index in [-0.39, 0.29) is 0 Å². The van der Waals surface area contributed by atoms with Crippen molar-refractivity contribution in [2.45, 2.75) is 59.9 Å². The van der Waals surface area contributed by atoms with Gasteiger partial charge in [-0.25, -0.2) is 0 Å². The summed E-state index contributed by atoms with van der Waals surface area (Å²) in [7, 11) is -2.64. The van der Waals surface area contributed by atoms with Gasteiger partial charge in [-0.15, -0.1) is 0 Å². The van der Waals surface area contributed by atoms with E-state index >= 15 is 0 Å². The summed E-state index contributed by atoms with van der Waals surface area (Å²) in [5.74, 6) is 1.22. The van der Waals surface area contributed by atoms with Gasteiger partial charge in [0.05, 0.1) is 5.54 Å². The molecule has 0 aromatic rings. The molecule has 2 atom stereocenters. The molecule has 0 heterocycles. The van der Waals surface area contributed by atoms with E-state index in [9.17, 15) is 0 Å². The molecule has 0 aromatic carbocycles. The van der Waals surface area contributed by atoms with Gasteiger partial charge in [-0.3, -0.25) is 0 Å². The van der Waals surface area contributed by atoms with Crippen LogP contribution >= 0.6 is 0 Å². The first kappa shape index (κ1) is 17.9. The van der Waals surface area contributed by atoms with Crippen LogP contribution < -0.4 is 0 Å². The van der Waals surface area contributed by atoms with Crippen molar-refractivity contribution in [3.05, 3.63) is 11.6 Å². The van der Waals surface area contributed by atoms with Gasteiger partial charge < -0.3 is 13.3 Å². The summed E-state index contributed by atoms with van der Waals surface area (Å²) in [4.78, 5) is 0. The van der Waals surface area contributed by atoms with Crippen LogP contribution in [0.15, 0.2) is 11.6 Å². The number of hydrogen-bond acceptors (Lipinski definition) is 3. The lowest BCUT2D eigenvalue weighted by Crippen LogP contribution is -2.53. The van der Waals surface area contributed by atoms with Gasteiger partial charge in [-0.05, 0) is 52.4 Å². The fraction of sp³-hybridized carbons (Fsp3) is 0.875. The predicted molar refractivity (Wildman–Crippen MR) is 85.7 cm³/mol. The lowest BCUT2D eigenvalue weighted by molar-refractivity contribution is 0.0541. The molecule has 0 aromatic heterocycles. The van der Waals surface area contributed by atoms with Crippen LogP contribution in [0.25, 0.3) is 0 Å². The van der Waals surface area contributed by atoms with E-state index in [2.05, 4.69) is 26.8 Å². The zero-order valence-electron chi connectivity index (χ0n) is 14.1. The van der Waals surface area contributed by atoms with Crippen LogP contribution in [0, 0.1) is 11.8 Å². The van der Waals surface area contributed by atoms with Crippen LogP contribution in [0.4, 0.5) is 0 Å². The van der Waals surface area contributed by atoms with Crippen LogP contribution in [-0.4, -0.2) is 28.6 Å². The van der Waals surface area contributed by atoms with Gasteiger partial charge >= 0.3 is 8.80 Å². The van der Waals surface area contributed by atoms with Crippen molar-refractivity contribution < 1.29 is 13.3 Å². The van der Waals surface area contributed by atoms with Gasteiger partial charge in [0, 0.05) is 19.8 Å². The number of hydrogen-bond donors (Lipinski definition) is 0. The third-order valence-electron chi connectivity index (χ3n) is 4.10. The van der Waals surface area contributed by atoms with Crippen LogP contribution in [0.1, 0.15) is 54.4 Å². The van der Waals surface area contributed by atoms with Gasteiger partial charge in [-0.1, -0.05) is 25.5 Å². The summed E-state index contributed by atoms with van der Waals surface area (Å²) < 4.78 is 18.4. The van der Waals surface area contributed by atoms with Crippen LogP contribution in [0.3, 0.4) is 0 Å². The van der Waals surface area contributed by atoms with Crippen molar-refractivity contribution in [3.63, 3.8) is 0 Å². The molecule has 1 rings (SSSR count). The van der Waals surface area contributed by atoms with Crippen LogP contribution in [0.5, 0.6) is 0 Å². The van der Waals surface area contributed by atoms with Gasteiger partial charge in [0.2, 0.25) is 0 Å². The van der Waals surface area contributed by atoms with Crippen LogP contribution in [-0.2, 0) is 13.3 Å². The van der Waals surface area contributed by atoms with Crippen molar-refractivity contribution in [2.24, 2.45) is 11.8 Å². The Kier molecular flexibility index (Phi) is 7.44. The second kappa shape index (κ2) is 8.32. The van der Waals surface area contributed by atoms with Crippen molar-refractivity contribution in [1.82, 2.24) is 0 Å². The first-order chi connectivity index (χ1) is 9.50. The Hall–Kier alpha value is -0.163. The molecule has 0 saturated carbocycles. The van der Waals surface area contributed by atoms with Crippen molar-refractivity contribution in [2.75, 3.05) is 19.8 Å². The smallest absolute Gasteiger partial charge is 0.373 e. The summed E-state index contributed by atoms with van der Waals surface area (Å²) in [5, 5.41) is 0. The minimum Gasteiger partial charge on any atom is -0.373 e. The third-order valence-corrected chi connectivity index (χ3v) is 7.58. The SMILES string of the molecule is CCO[Si](OCC)(OCC)C1C=C(C)CCC1C(C)C. The van der Waals surface area contributed by atoms with E-state index in [1.165, 1.54) is 18.4 Å². The van der Waals surface area contributed by atoms with E-state index in [1.54, 1.807) is 0 Å². The van der Waals surface area contributed by atoms with E-state index in [0.29, 0.717) is 37.2 Å². The van der Waals surface area contributed by atoms with E-state index in [1.807, 2.05) is 20.8 Å². The lowest BCUT2D eigenvalue weighted by Gasteiger charge is -2.41. The molecule has 0 fully saturated rings. The molecule has 4 heteroatoms. The topological polar surface area (TPSA) is 27.7 Å². The Labute approximate surface area is 126 Å². The van der Waals surface area contributed by atoms with Gasteiger partial charge in [0.25, 0.3) is 0 Å². The Bertz CT molecular complexity index is 298. The second-order valence-corrected chi connectivity index (χ2v) is 8.63. The maximum atomic E-state index is 6.13. The minimum absolute atomic E-state index is 0.302. The molecule has 0 radical (unpaired) electrons. The van der Waals surface area contributed by atoms with Gasteiger partial charge in [0.1, 0.15) is 0 Å². The largest absolute Gasteiger partial charge is 0.508 e. The highest BCUT2D eigenvalue weighted by atomic mass is 28.4. The molecule has 0 bridgehead atoms. The highest BCUT2D eigenvalue weighted by Gasteiger charge is 2.52. The van der Waals surface area contributed by atoms with Crippen LogP contribution in [0.2, 0.25) is 5.54 Å². The molecule has 0 aliphatic heterocycles. The fourth-order valence-electron chi connectivity index (χ4n) is 3.22. The first-order valence-corrected chi connectivity index (χ1v) is 9.90.